The zero-order valence-electron chi connectivity index (χ0n) is 19.1. The number of aromatic carboxylic acids is 1. The molecule has 0 bridgehead atoms. The smallest absolute Gasteiger partial charge is 0.497 e. The zero-order valence-corrected chi connectivity index (χ0v) is 19.1. The molecule has 3 rings (SSSR count). The summed E-state index contributed by atoms with van der Waals surface area (Å²) in [6, 6.07) is 18.9. The molecule has 5 nitrogen and oxygen atoms in total. The summed E-state index contributed by atoms with van der Waals surface area (Å²) in [5, 5.41) is 9.71. The van der Waals surface area contributed by atoms with Gasteiger partial charge in [-0.1, -0.05) is 13.3 Å². The van der Waals surface area contributed by atoms with E-state index in [1.54, 1.807) is 26.4 Å². The van der Waals surface area contributed by atoms with Gasteiger partial charge in [0.05, 0.1) is 19.8 Å². The van der Waals surface area contributed by atoms with E-state index in [1.165, 1.54) is 0 Å². The third-order valence-corrected chi connectivity index (χ3v) is 4.92. The summed E-state index contributed by atoms with van der Waals surface area (Å²) < 4.78 is 51.7. The molecule has 1 aromatic heterocycles. The number of carboxylic acid groups (broad SMARTS) is 1. The summed E-state index contributed by atoms with van der Waals surface area (Å²) in [5.41, 5.74) is 3.88. The molecule has 0 saturated heterocycles. The molecule has 2 aromatic carbocycles. The van der Waals surface area contributed by atoms with Crippen molar-refractivity contribution in [3.05, 3.63) is 66.2 Å². The lowest BCUT2D eigenvalue weighted by Gasteiger charge is -2.12. The fourth-order valence-corrected chi connectivity index (χ4v) is 3.30. The number of rotatable bonds is 8. The van der Waals surface area contributed by atoms with E-state index in [0.717, 1.165) is 53.4 Å². The lowest BCUT2D eigenvalue weighted by Crippen LogP contribution is -2.39. The molecule has 0 aliphatic rings. The highest BCUT2D eigenvalue weighted by Crippen LogP contribution is 2.26. The predicted octanol–water partition coefficient (Wildman–Crippen LogP) is 6.12. The summed E-state index contributed by atoms with van der Waals surface area (Å²) in [4.78, 5) is 11.8. The van der Waals surface area contributed by atoms with Crippen LogP contribution in [0.5, 0.6) is 11.5 Å². The van der Waals surface area contributed by atoms with Gasteiger partial charge in [-0.3, -0.25) is 0 Å². The number of ether oxygens (including phenoxy) is 2. The lowest BCUT2D eigenvalue weighted by molar-refractivity contribution is -0.676. The van der Waals surface area contributed by atoms with E-state index in [1.807, 2.05) is 48.5 Å². The average molecular weight is 479 g/mol. The minimum atomic E-state index is -6.00. The van der Waals surface area contributed by atoms with Crippen molar-refractivity contribution >= 4 is 13.2 Å². The highest BCUT2D eigenvalue weighted by atomic mass is 19.5. The number of aromatic nitrogens is 1. The minimum Gasteiger partial charge on any atom is -0.497 e. The molecule has 0 spiro atoms. The zero-order chi connectivity index (χ0) is 25.3. The molecule has 3 aromatic rings. The predicted molar refractivity (Wildman–Crippen MR) is 123 cm³/mol. The van der Waals surface area contributed by atoms with Crippen LogP contribution < -0.4 is 14.0 Å². The Hall–Kier alpha value is -3.56. The molecule has 10 heteroatoms. The summed E-state index contributed by atoms with van der Waals surface area (Å²) >= 11 is 0. The monoisotopic (exact) mass is 479 g/mol. The molecule has 0 aliphatic carbocycles. The van der Waals surface area contributed by atoms with Gasteiger partial charge in [-0.25, -0.2) is 4.79 Å². The maximum absolute atomic E-state index is 11.8. The Morgan fingerprint density at radius 3 is 1.53 bits per heavy atom. The molecule has 182 valence electrons. The van der Waals surface area contributed by atoms with Crippen molar-refractivity contribution in [3.63, 3.8) is 0 Å². The van der Waals surface area contributed by atoms with Crippen LogP contribution in [0.2, 0.25) is 0 Å². The SMILES string of the molecule is CCCC[n+]1c(-c2ccc(OC)cc2)cc(C(=O)O)cc1-c1ccc(OC)cc1.F[B-](F)(F)F. The van der Waals surface area contributed by atoms with Gasteiger partial charge in [0.2, 0.25) is 11.4 Å². The van der Waals surface area contributed by atoms with Gasteiger partial charge < -0.3 is 31.8 Å². The maximum Gasteiger partial charge on any atom is 0.673 e. The second-order valence-electron chi connectivity index (χ2n) is 7.28. The molecule has 0 saturated carbocycles. The van der Waals surface area contributed by atoms with E-state index < -0.39 is 13.2 Å². The summed E-state index contributed by atoms with van der Waals surface area (Å²) in [6.07, 6.45) is 2.03. The van der Waals surface area contributed by atoms with Gasteiger partial charge in [-0.15, -0.1) is 0 Å². The van der Waals surface area contributed by atoms with Crippen molar-refractivity contribution < 1.29 is 41.2 Å². The Morgan fingerprint density at radius 2 is 1.24 bits per heavy atom. The fourth-order valence-electron chi connectivity index (χ4n) is 3.30. The van der Waals surface area contributed by atoms with Crippen molar-refractivity contribution in [1.29, 1.82) is 0 Å². The van der Waals surface area contributed by atoms with Crippen LogP contribution in [0.25, 0.3) is 22.5 Å². The first-order chi connectivity index (χ1) is 16.1. The standard InChI is InChI=1S/C24H25NO4.BF4/c1-4-5-14-25-22(17-6-10-20(28-2)11-7-17)15-19(24(26)27)16-23(25)18-8-12-21(29-3)13-9-18;2-1(3,4)5/h6-13,15-16H,4-5,14H2,1-3H3;/q;-1/p+1. The van der Waals surface area contributed by atoms with Gasteiger partial charge in [-0.2, -0.15) is 4.57 Å². The van der Waals surface area contributed by atoms with Crippen LogP contribution in [0.3, 0.4) is 0 Å². The van der Waals surface area contributed by atoms with E-state index >= 15 is 0 Å². The number of benzene rings is 2. The minimum absolute atomic E-state index is 0.259. The number of pyridine rings is 1. The van der Waals surface area contributed by atoms with Crippen LogP contribution in [0.1, 0.15) is 30.1 Å². The molecule has 0 aliphatic heterocycles. The second-order valence-corrected chi connectivity index (χ2v) is 7.28. The first kappa shape index (κ1) is 26.7. The van der Waals surface area contributed by atoms with Crippen LogP contribution in [0, 0.1) is 0 Å². The van der Waals surface area contributed by atoms with Gasteiger partial charge in [0.1, 0.15) is 18.0 Å². The van der Waals surface area contributed by atoms with Crippen LogP contribution in [0.4, 0.5) is 17.3 Å². The van der Waals surface area contributed by atoms with Crippen LogP contribution in [0.15, 0.2) is 60.7 Å². The van der Waals surface area contributed by atoms with E-state index in [2.05, 4.69) is 11.5 Å². The van der Waals surface area contributed by atoms with Crippen molar-refractivity contribution in [2.24, 2.45) is 0 Å². The van der Waals surface area contributed by atoms with E-state index in [4.69, 9.17) is 9.47 Å². The molecular weight excluding hydrogens is 453 g/mol. The van der Waals surface area contributed by atoms with Gasteiger partial charge in [0.25, 0.3) is 0 Å². The number of halogens is 4. The molecule has 0 unspecified atom stereocenters. The molecule has 0 amide bonds. The first-order valence-electron chi connectivity index (χ1n) is 10.5. The third kappa shape index (κ3) is 7.79. The highest BCUT2D eigenvalue weighted by Gasteiger charge is 2.24. The quantitative estimate of drug-likeness (QED) is 0.240. The Bertz CT molecular complexity index is 1010. The second kappa shape index (κ2) is 12.1. The first-order valence-corrected chi connectivity index (χ1v) is 10.5. The van der Waals surface area contributed by atoms with Crippen LogP contribution in [-0.4, -0.2) is 32.5 Å². The van der Waals surface area contributed by atoms with Crippen LogP contribution >= 0.6 is 0 Å². The molecule has 0 radical (unpaired) electrons. The van der Waals surface area contributed by atoms with Crippen LogP contribution in [-0.2, 0) is 6.54 Å². The van der Waals surface area contributed by atoms with Crippen molar-refractivity contribution in [2.45, 2.75) is 26.3 Å². The number of hydrogen-bond acceptors (Lipinski definition) is 3. The number of methoxy groups -OCH3 is 2. The van der Waals surface area contributed by atoms with Gasteiger partial charge in [0.15, 0.2) is 0 Å². The molecular formula is C24H26BF4NO4. The van der Waals surface area contributed by atoms with E-state index in [0.29, 0.717) is 0 Å². The van der Waals surface area contributed by atoms with Gasteiger partial charge in [-0.05, 0) is 48.5 Å². The number of carboxylic acids is 1. The van der Waals surface area contributed by atoms with E-state index in [9.17, 15) is 27.2 Å². The van der Waals surface area contributed by atoms with Crippen molar-refractivity contribution in [3.8, 4) is 34.0 Å². The summed E-state index contributed by atoms with van der Waals surface area (Å²) in [5.74, 6) is 0.578. The lowest BCUT2D eigenvalue weighted by atomic mass is 10.0. The molecule has 34 heavy (non-hydrogen) atoms. The Morgan fingerprint density at radius 1 is 0.853 bits per heavy atom. The topological polar surface area (TPSA) is 59.6 Å². The summed E-state index contributed by atoms with van der Waals surface area (Å²) in [6.45, 7) is 2.94. The number of nitrogens with zero attached hydrogens (tertiary/aromatic N) is 1. The normalized spacial score (nSPS) is 10.8. The number of carbonyl (C=O) groups is 1. The Balaban J connectivity index is 0.000000739. The largest absolute Gasteiger partial charge is 0.673 e. The summed E-state index contributed by atoms with van der Waals surface area (Å²) in [7, 11) is -2.74. The molecule has 0 atom stereocenters. The average Bonchev–Trinajstić information content (AvgIpc) is 2.81. The third-order valence-electron chi connectivity index (χ3n) is 4.92. The Kier molecular flexibility index (Phi) is 9.47. The molecule has 1 heterocycles. The fraction of sp³-hybridized carbons (Fsp3) is 0.250. The molecule has 1 N–H and O–H groups in total. The Labute approximate surface area is 195 Å². The highest BCUT2D eigenvalue weighted by molar-refractivity contribution is 6.50. The number of hydrogen-bond donors (Lipinski definition) is 1. The van der Waals surface area contributed by atoms with Gasteiger partial charge >= 0.3 is 13.2 Å². The maximum atomic E-state index is 11.8. The van der Waals surface area contributed by atoms with E-state index in [-0.39, 0.29) is 5.56 Å². The van der Waals surface area contributed by atoms with Crippen molar-refractivity contribution in [1.82, 2.24) is 0 Å². The molecule has 0 fully saturated rings. The van der Waals surface area contributed by atoms with Crippen molar-refractivity contribution in [2.75, 3.05) is 14.2 Å². The van der Waals surface area contributed by atoms with Gasteiger partial charge in [0, 0.05) is 29.7 Å². The number of unbranched alkanes of at least 4 members (excludes halogenated alkanes) is 1.